The van der Waals surface area contributed by atoms with Crippen molar-refractivity contribution in [1.82, 2.24) is 15.3 Å². The second-order valence-electron chi connectivity index (χ2n) is 6.51. The van der Waals surface area contributed by atoms with E-state index in [-0.39, 0.29) is 0 Å². The van der Waals surface area contributed by atoms with E-state index in [0.29, 0.717) is 6.04 Å². The zero-order valence-corrected chi connectivity index (χ0v) is 13.4. The summed E-state index contributed by atoms with van der Waals surface area (Å²) in [7, 11) is 0. The predicted octanol–water partition coefficient (Wildman–Crippen LogP) is 3.05. The minimum absolute atomic E-state index is 0.687. The molecule has 2 heterocycles. The molecule has 3 rings (SSSR count). The first-order valence-corrected chi connectivity index (χ1v) is 8.59. The second-order valence-corrected chi connectivity index (χ2v) is 6.51. The van der Waals surface area contributed by atoms with Crippen molar-refractivity contribution >= 4 is 5.95 Å². The van der Waals surface area contributed by atoms with Crippen LogP contribution in [0.3, 0.4) is 0 Å². The molecular formula is C17H28N4. The van der Waals surface area contributed by atoms with E-state index in [0.717, 1.165) is 37.2 Å². The van der Waals surface area contributed by atoms with Crippen LogP contribution in [0.25, 0.3) is 0 Å². The monoisotopic (exact) mass is 288 g/mol. The summed E-state index contributed by atoms with van der Waals surface area (Å²) in [6.07, 6.45) is 10.2. The summed E-state index contributed by atoms with van der Waals surface area (Å²) in [6, 6.07) is 0.687. The average molecular weight is 288 g/mol. The van der Waals surface area contributed by atoms with Gasteiger partial charge in [0.05, 0.1) is 0 Å². The summed E-state index contributed by atoms with van der Waals surface area (Å²) in [5, 5.41) is 3.36. The molecule has 0 aromatic carbocycles. The van der Waals surface area contributed by atoms with Crippen LogP contribution in [0, 0.1) is 12.8 Å². The van der Waals surface area contributed by atoms with E-state index in [1.54, 1.807) is 0 Å². The normalized spacial score (nSPS) is 25.7. The van der Waals surface area contributed by atoms with E-state index in [1.165, 1.54) is 44.1 Å². The summed E-state index contributed by atoms with van der Waals surface area (Å²) in [5.41, 5.74) is 2.34. The molecule has 1 saturated heterocycles. The molecule has 1 N–H and O–H groups in total. The maximum atomic E-state index is 4.82. The zero-order valence-electron chi connectivity index (χ0n) is 13.4. The molecule has 0 unspecified atom stereocenters. The Morgan fingerprint density at radius 1 is 1.24 bits per heavy atom. The maximum absolute atomic E-state index is 4.82. The van der Waals surface area contributed by atoms with E-state index in [4.69, 9.17) is 4.98 Å². The molecule has 2 fully saturated rings. The Morgan fingerprint density at radius 3 is 2.86 bits per heavy atom. The number of hydrogen-bond acceptors (Lipinski definition) is 4. The highest BCUT2D eigenvalue weighted by molar-refractivity contribution is 5.35. The fourth-order valence-corrected chi connectivity index (χ4v) is 3.92. The van der Waals surface area contributed by atoms with Crippen molar-refractivity contribution in [2.24, 2.45) is 5.92 Å². The van der Waals surface area contributed by atoms with E-state index < -0.39 is 0 Å². The van der Waals surface area contributed by atoms with Gasteiger partial charge in [-0.05, 0) is 45.1 Å². The van der Waals surface area contributed by atoms with E-state index in [9.17, 15) is 0 Å². The molecule has 1 saturated carbocycles. The van der Waals surface area contributed by atoms with Crippen molar-refractivity contribution in [3.8, 4) is 0 Å². The summed E-state index contributed by atoms with van der Waals surface area (Å²) in [6.45, 7) is 7.22. The molecule has 0 amide bonds. The van der Waals surface area contributed by atoms with Gasteiger partial charge in [-0.15, -0.1) is 0 Å². The van der Waals surface area contributed by atoms with Crippen LogP contribution in [0.5, 0.6) is 0 Å². The van der Waals surface area contributed by atoms with Crippen LogP contribution in [0.1, 0.15) is 56.7 Å². The molecule has 21 heavy (non-hydrogen) atoms. The third-order valence-corrected chi connectivity index (χ3v) is 5.13. The van der Waals surface area contributed by atoms with Gasteiger partial charge in [0.25, 0.3) is 0 Å². The summed E-state index contributed by atoms with van der Waals surface area (Å²) in [4.78, 5) is 12.0. The first kappa shape index (κ1) is 14.8. The SMILES string of the molecule is CCNCc1cnc(N2CCC[C@H]3CCCC[C@H]32)nc1C. The lowest BCUT2D eigenvalue weighted by Crippen LogP contribution is -2.47. The number of nitrogens with one attached hydrogen (secondary N) is 1. The first-order valence-electron chi connectivity index (χ1n) is 8.59. The number of piperidine rings is 1. The van der Waals surface area contributed by atoms with Gasteiger partial charge in [-0.3, -0.25) is 0 Å². The largest absolute Gasteiger partial charge is 0.338 e. The zero-order chi connectivity index (χ0) is 14.7. The minimum atomic E-state index is 0.687. The van der Waals surface area contributed by atoms with Gasteiger partial charge in [0.2, 0.25) is 5.95 Å². The van der Waals surface area contributed by atoms with Gasteiger partial charge in [0, 0.05) is 36.6 Å². The Bertz CT molecular complexity index is 472. The van der Waals surface area contributed by atoms with Crippen LogP contribution >= 0.6 is 0 Å². The number of hydrogen-bond donors (Lipinski definition) is 1. The predicted molar refractivity (Wildman–Crippen MR) is 86.5 cm³/mol. The number of nitrogens with zero attached hydrogens (tertiary/aromatic N) is 3. The van der Waals surface area contributed by atoms with E-state index in [2.05, 4.69) is 29.0 Å². The highest BCUT2D eigenvalue weighted by atomic mass is 15.3. The first-order chi connectivity index (χ1) is 10.3. The van der Waals surface area contributed by atoms with Crippen LogP contribution in [0.2, 0.25) is 0 Å². The van der Waals surface area contributed by atoms with Crippen molar-refractivity contribution in [3.05, 3.63) is 17.5 Å². The molecule has 1 aliphatic carbocycles. The van der Waals surface area contributed by atoms with E-state index in [1.807, 2.05) is 6.20 Å². The van der Waals surface area contributed by atoms with Gasteiger partial charge in [-0.25, -0.2) is 9.97 Å². The molecule has 0 radical (unpaired) electrons. The fraction of sp³-hybridized carbons (Fsp3) is 0.765. The summed E-state index contributed by atoms with van der Waals surface area (Å²) in [5.74, 6) is 1.84. The highest BCUT2D eigenvalue weighted by Crippen LogP contribution is 2.36. The van der Waals surface area contributed by atoms with Crippen LogP contribution in [-0.2, 0) is 6.54 Å². The molecule has 1 aliphatic heterocycles. The Hall–Kier alpha value is -1.16. The molecule has 4 heteroatoms. The maximum Gasteiger partial charge on any atom is 0.225 e. The summed E-state index contributed by atoms with van der Waals surface area (Å²) >= 11 is 0. The van der Waals surface area contributed by atoms with Gasteiger partial charge in [0.1, 0.15) is 0 Å². The lowest BCUT2D eigenvalue weighted by molar-refractivity contribution is 0.241. The smallest absolute Gasteiger partial charge is 0.225 e. The molecule has 2 aliphatic rings. The minimum Gasteiger partial charge on any atom is -0.338 e. The Balaban J connectivity index is 1.77. The number of fused-ring (bicyclic) bond motifs is 1. The quantitative estimate of drug-likeness (QED) is 0.924. The molecular weight excluding hydrogens is 260 g/mol. The highest BCUT2D eigenvalue weighted by Gasteiger charge is 2.34. The third kappa shape index (κ3) is 3.20. The number of rotatable bonds is 4. The third-order valence-electron chi connectivity index (χ3n) is 5.13. The van der Waals surface area contributed by atoms with Crippen molar-refractivity contribution in [3.63, 3.8) is 0 Å². The van der Waals surface area contributed by atoms with E-state index >= 15 is 0 Å². The van der Waals surface area contributed by atoms with Crippen LogP contribution < -0.4 is 10.2 Å². The van der Waals surface area contributed by atoms with Gasteiger partial charge in [-0.2, -0.15) is 0 Å². The number of anilines is 1. The Kier molecular flexibility index (Phi) is 4.73. The Labute approximate surface area is 128 Å². The van der Waals surface area contributed by atoms with Crippen LogP contribution in [-0.4, -0.2) is 29.1 Å². The molecule has 4 nitrogen and oxygen atoms in total. The molecule has 0 bridgehead atoms. The summed E-state index contributed by atoms with van der Waals surface area (Å²) < 4.78 is 0. The van der Waals surface area contributed by atoms with Gasteiger partial charge < -0.3 is 10.2 Å². The number of aryl methyl sites for hydroxylation is 1. The average Bonchev–Trinajstić information content (AvgIpc) is 2.53. The van der Waals surface area contributed by atoms with Crippen molar-refractivity contribution in [1.29, 1.82) is 0 Å². The fourth-order valence-electron chi connectivity index (χ4n) is 3.92. The molecule has 1 aromatic rings. The molecule has 2 atom stereocenters. The van der Waals surface area contributed by atoms with Crippen molar-refractivity contribution < 1.29 is 0 Å². The number of aromatic nitrogens is 2. The van der Waals surface area contributed by atoms with Gasteiger partial charge in [-0.1, -0.05) is 19.8 Å². The molecule has 0 spiro atoms. The van der Waals surface area contributed by atoms with Crippen molar-refractivity contribution in [2.75, 3.05) is 18.0 Å². The topological polar surface area (TPSA) is 41.1 Å². The van der Waals surface area contributed by atoms with Gasteiger partial charge >= 0.3 is 0 Å². The van der Waals surface area contributed by atoms with Gasteiger partial charge in [0.15, 0.2) is 0 Å². The van der Waals surface area contributed by atoms with Crippen LogP contribution in [0.4, 0.5) is 5.95 Å². The second kappa shape index (κ2) is 6.73. The Morgan fingerprint density at radius 2 is 2.05 bits per heavy atom. The van der Waals surface area contributed by atoms with Crippen molar-refractivity contribution in [2.45, 2.75) is 65.0 Å². The lowest BCUT2D eigenvalue weighted by atomic mass is 9.78. The lowest BCUT2D eigenvalue weighted by Gasteiger charge is -2.44. The molecule has 1 aromatic heterocycles. The standard InChI is InChI=1S/C17H28N4/c1-3-18-11-15-12-19-17(20-13(15)2)21-10-6-8-14-7-4-5-9-16(14)21/h12,14,16,18H,3-11H2,1-2H3/t14-,16-/m1/s1. The van der Waals surface area contributed by atoms with Crippen LogP contribution in [0.15, 0.2) is 6.20 Å². The molecule has 116 valence electrons.